The first kappa shape index (κ1) is 13.5. The van der Waals surface area contributed by atoms with Crippen molar-refractivity contribution in [3.63, 3.8) is 0 Å². The lowest BCUT2D eigenvalue weighted by Crippen LogP contribution is -2.27. The van der Waals surface area contributed by atoms with Gasteiger partial charge in [0.15, 0.2) is 0 Å². The predicted octanol–water partition coefficient (Wildman–Crippen LogP) is 2.61. The van der Waals surface area contributed by atoms with Gasteiger partial charge < -0.3 is 9.42 Å². The van der Waals surface area contributed by atoms with E-state index in [-0.39, 0.29) is 5.91 Å². The van der Waals surface area contributed by atoms with E-state index in [0.29, 0.717) is 17.4 Å². The van der Waals surface area contributed by atoms with E-state index < -0.39 is 0 Å². The van der Waals surface area contributed by atoms with Crippen molar-refractivity contribution < 1.29 is 9.32 Å². The zero-order chi connectivity index (χ0) is 14.0. The molecule has 2 aromatic rings. The van der Waals surface area contributed by atoms with Crippen LogP contribution >= 0.6 is 11.6 Å². The topological polar surface area (TPSA) is 59.2 Å². The summed E-state index contributed by atoms with van der Waals surface area (Å²) in [4.78, 5) is 17.8. The molecule has 5 nitrogen and oxygen atoms in total. The van der Waals surface area contributed by atoms with Crippen LogP contribution in [0.15, 0.2) is 22.7 Å². The Labute approximate surface area is 116 Å². The molecule has 2 heterocycles. The van der Waals surface area contributed by atoms with Crippen molar-refractivity contribution in [1.82, 2.24) is 15.0 Å². The first-order chi connectivity index (χ1) is 8.99. The fourth-order valence-electron chi connectivity index (χ4n) is 1.76. The summed E-state index contributed by atoms with van der Waals surface area (Å²) >= 11 is 5.78. The molecule has 19 heavy (non-hydrogen) atoms. The van der Waals surface area contributed by atoms with Crippen LogP contribution in [0.2, 0.25) is 5.15 Å². The molecule has 0 atom stereocenters. The molecule has 1 amide bonds. The molecule has 0 aliphatic carbocycles. The largest absolute Gasteiger partial charge is 0.361 e. The average Bonchev–Trinajstić information content (AvgIpc) is 2.69. The van der Waals surface area contributed by atoms with Crippen LogP contribution in [0, 0.1) is 13.8 Å². The number of aryl methyl sites for hydroxylation is 2. The first-order valence-corrected chi connectivity index (χ1v) is 6.16. The van der Waals surface area contributed by atoms with Crippen molar-refractivity contribution in [1.29, 1.82) is 0 Å². The molecule has 6 heteroatoms. The fourth-order valence-corrected chi connectivity index (χ4v) is 1.92. The number of hydrogen-bond donors (Lipinski definition) is 0. The van der Waals surface area contributed by atoms with Gasteiger partial charge in [0.25, 0.3) is 5.91 Å². The highest BCUT2D eigenvalue weighted by molar-refractivity contribution is 6.29. The Kier molecular flexibility index (Phi) is 3.85. The highest BCUT2D eigenvalue weighted by Crippen LogP contribution is 2.15. The smallest absolute Gasteiger partial charge is 0.272 e. The number of hydrogen-bond acceptors (Lipinski definition) is 4. The number of nitrogens with zero attached hydrogens (tertiary/aromatic N) is 3. The fraction of sp³-hybridized carbons (Fsp3) is 0.308. The van der Waals surface area contributed by atoms with Crippen molar-refractivity contribution in [2.75, 3.05) is 7.05 Å². The Morgan fingerprint density at radius 3 is 2.74 bits per heavy atom. The molecule has 0 saturated carbocycles. The molecular weight excluding hydrogens is 266 g/mol. The summed E-state index contributed by atoms with van der Waals surface area (Å²) in [6, 6.07) is 4.97. The van der Waals surface area contributed by atoms with Crippen LogP contribution in [0.1, 0.15) is 27.5 Å². The third kappa shape index (κ3) is 2.93. The molecule has 100 valence electrons. The molecule has 0 N–H and O–H groups in total. The van der Waals surface area contributed by atoms with E-state index >= 15 is 0 Å². The molecule has 2 aromatic heterocycles. The van der Waals surface area contributed by atoms with Gasteiger partial charge in [-0.2, -0.15) is 0 Å². The van der Waals surface area contributed by atoms with Crippen LogP contribution in [0.25, 0.3) is 0 Å². The molecule has 0 aliphatic heterocycles. The van der Waals surface area contributed by atoms with Gasteiger partial charge in [0.1, 0.15) is 16.6 Å². The number of carbonyl (C=O) groups excluding carboxylic acids is 1. The van der Waals surface area contributed by atoms with Crippen LogP contribution in [0.3, 0.4) is 0 Å². The number of carbonyl (C=O) groups is 1. The van der Waals surface area contributed by atoms with Gasteiger partial charge in [0.05, 0.1) is 12.2 Å². The van der Waals surface area contributed by atoms with Crippen molar-refractivity contribution in [3.8, 4) is 0 Å². The standard InChI is InChI=1S/C13H14ClN3O2/c1-8-10(9(2)19-16-8)7-17(3)13(18)11-5-4-6-12(14)15-11/h4-6H,7H2,1-3H3. The van der Waals surface area contributed by atoms with E-state index in [1.165, 1.54) is 0 Å². The Bertz CT molecular complexity index is 590. The maximum atomic E-state index is 12.2. The van der Waals surface area contributed by atoms with Crippen molar-refractivity contribution in [2.45, 2.75) is 20.4 Å². The summed E-state index contributed by atoms with van der Waals surface area (Å²) in [6.45, 7) is 4.10. The molecule has 0 spiro atoms. The quantitative estimate of drug-likeness (QED) is 0.811. The normalized spacial score (nSPS) is 10.5. The van der Waals surface area contributed by atoms with E-state index in [2.05, 4.69) is 10.1 Å². The monoisotopic (exact) mass is 279 g/mol. The summed E-state index contributed by atoms with van der Waals surface area (Å²) in [5.41, 5.74) is 2.02. The van der Waals surface area contributed by atoms with E-state index in [9.17, 15) is 4.79 Å². The van der Waals surface area contributed by atoms with Gasteiger partial charge in [-0.05, 0) is 26.0 Å². The average molecular weight is 280 g/mol. The summed E-state index contributed by atoms with van der Waals surface area (Å²) < 4.78 is 5.08. The Morgan fingerprint density at radius 2 is 2.16 bits per heavy atom. The molecule has 0 aliphatic rings. The minimum absolute atomic E-state index is 0.192. The van der Waals surface area contributed by atoms with E-state index in [0.717, 1.165) is 17.0 Å². The summed E-state index contributed by atoms with van der Waals surface area (Å²) in [5, 5.41) is 4.17. The van der Waals surface area contributed by atoms with Gasteiger partial charge in [-0.25, -0.2) is 4.98 Å². The lowest BCUT2D eigenvalue weighted by Gasteiger charge is -2.16. The molecule has 0 radical (unpaired) electrons. The first-order valence-electron chi connectivity index (χ1n) is 5.79. The second-order valence-electron chi connectivity index (χ2n) is 4.31. The Hall–Kier alpha value is -1.88. The van der Waals surface area contributed by atoms with Crippen LogP contribution in [-0.2, 0) is 6.54 Å². The molecule has 0 aromatic carbocycles. The summed E-state index contributed by atoms with van der Waals surface area (Å²) in [7, 11) is 1.71. The van der Waals surface area contributed by atoms with Gasteiger partial charge in [-0.3, -0.25) is 4.79 Å². The number of aromatic nitrogens is 2. The summed E-state index contributed by atoms with van der Waals surface area (Å²) in [6.07, 6.45) is 0. The highest BCUT2D eigenvalue weighted by Gasteiger charge is 2.17. The Balaban J connectivity index is 2.16. The van der Waals surface area contributed by atoms with Gasteiger partial charge >= 0.3 is 0 Å². The third-order valence-electron chi connectivity index (χ3n) is 2.86. The van der Waals surface area contributed by atoms with Crippen LogP contribution in [0.5, 0.6) is 0 Å². The zero-order valence-electron chi connectivity index (χ0n) is 11.0. The van der Waals surface area contributed by atoms with Crippen molar-refractivity contribution in [2.24, 2.45) is 0 Å². The van der Waals surface area contributed by atoms with E-state index in [4.69, 9.17) is 16.1 Å². The third-order valence-corrected chi connectivity index (χ3v) is 3.07. The van der Waals surface area contributed by atoms with E-state index in [1.54, 1.807) is 30.1 Å². The molecule has 0 unspecified atom stereocenters. The number of pyridine rings is 1. The van der Waals surface area contributed by atoms with Crippen molar-refractivity contribution >= 4 is 17.5 Å². The van der Waals surface area contributed by atoms with E-state index in [1.807, 2.05) is 13.8 Å². The molecular formula is C13H14ClN3O2. The van der Waals surface area contributed by atoms with Gasteiger partial charge in [0.2, 0.25) is 0 Å². The minimum atomic E-state index is -0.192. The van der Waals surface area contributed by atoms with Gasteiger partial charge in [-0.15, -0.1) is 0 Å². The second-order valence-corrected chi connectivity index (χ2v) is 4.70. The second kappa shape index (κ2) is 5.40. The molecule has 0 saturated heterocycles. The Morgan fingerprint density at radius 1 is 1.42 bits per heavy atom. The van der Waals surface area contributed by atoms with Crippen LogP contribution in [-0.4, -0.2) is 28.0 Å². The zero-order valence-corrected chi connectivity index (χ0v) is 11.7. The minimum Gasteiger partial charge on any atom is -0.361 e. The summed E-state index contributed by atoms with van der Waals surface area (Å²) in [5.74, 6) is 0.527. The lowest BCUT2D eigenvalue weighted by molar-refractivity contribution is 0.0778. The predicted molar refractivity (Wildman–Crippen MR) is 71.0 cm³/mol. The molecule has 2 rings (SSSR count). The van der Waals surface area contributed by atoms with Crippen LogP contribution in [0.4, 0.5) is 0 Å². The van der Waals surface area contributed by atoms with Gasteiger partial charge in [-0.1, -0.05) is 22.8 Å². The van der Waals surface area contributed by atoms with Crippen LogP contribution < -0.4 is 0 Å². The number of halogens is 1. The number of rotatable bonds is 3. The highest BCUT2D eigenvalue weighted by atomic mass is 35.5. The van der Waals surface area contributed by atoms with Gasteiger partial charge in [0, 0.05) is 12.6 Å². The molecule has 0 fully saturated rings. The maximum absolute atomic E-state index is 12.2. The maximum Gasteiger partial charge on any atom is 0.272 e. The lowest BCUT2D eigenvalue weighted by atomic mass is 10.2. The molecule has 0 bridgehead atoms. The van der Waals surface area contributed by atoms with Crippen molar-refractivity contribution in [3.05, 3.63) is 46.1 Å². The number of amides is 1. The SMILES string of the molecule is Cc1noc(C)c1CN(C)C(=O)c1cccc(Cl)n1.